The highest BCUT2D eigenvalue weighted by Gasteiger charge is 2.15. The van der Waals surface area contributed by atoms with Gasteiger partial charge in [0.05, 0.1) is 39.5 Å². The first-order valence-corrected chi connectivity index (χ1v) is 11.3. The van der Waals surface area contributed by atoms with E-state index in [2.05, 4.69) is 33.1 Å². The number of esters is 1. The predicted molar refractivity (Wildman–Crippen MR) is 132 cm³/mol. The summed E-state index contributed by atoms with van der Waals surface area (Å²) in [6, 6.07) is 14.2. The smallest absolute Gasteiger partial charge is 0.338 e. The van der Waals surface area contributed by atoms with Gasteiger partial charge in [-0.3, -0.25) is 4.79 Å². The van der Waals surface area contributed by atoms with Crippen molar-refractivity contribution in [2.24, 2.45) is 0 Å². The molecule has 3 aromatic rings. The first-order chi connectivity index (χ1) is 16.4. The topological polar surface area (TPSA) is 78.8 Å². The Bertz CT molecular complexity index is 1240. The van der Waals surface area contributed by atoms with Crippen LogP contribution >= 0.6 is 15.9 Å². The lowest BCUT2D eigenvalue weighted by atomic mass is 10.1. The van der Waals surface area contributed by atoms with Crippen LogP contribution in [0.1, 0.15) is 38.9 Å². The fourth-order valence-electron chi connectivity index (χ4n) is 3.26. The summed E-state index contributed by atoms with van der Waals surface area (Å²) in [5, 5.41) is 2.82. The molecule has 0 aliphatic carbocycles. The monoisotopic (exact) mass is 524 g/mol. The summed E-state index contributed by atoms with van der Waals surface area (Å²) in [5.41, 5.74) is 2.49. The number of hydrogen-bond acceptors (Lipinski definition) is 5. The van der Waals surface area contributed by atoms with E-state index < -0.39 is 0 Å². The Labute approximate surface area is 207 Å². The van der Waals surface area contributed by atoms with Gasteiger partial charge < -0.3 is 24.1 Å². The summed E-state index contributed by atoms with van der Waals surface area (Å²) >= 11 is 3.45. The van der Waals surface area contributed by atoms with Crippen molar-refractivity contribution in [2.75, 3.05) is 27.4 Å². The Morgan fingerprint density at radius 2 is 1.91 bits per heavy atom. The van der Waals surface area contributed by atoms with Crippen LogP contribution in [0.4, 0.5) is 0 Å². The van der Waals surface area contributed by atoms with E-state index in [1.54, 1.807) is 57.5 Å². The van der Waals surface area contributed by atoms with Crippen LogP contribution in [0.15, 0.2) is 59.2 Å². The number of benzene rings is 2. The quantitative estimate of drug-likeness (QED) is 0.351. The molecule has 7 nitrogen and oxygen atoms in total. The number of amides is 1. The van der Waals surface area contributed by atoms with Crippen molar-refractivity contribution < 1.29 is 23.8 Å². The number of carbonyl (C=O) groups excluding carboxylic acids is 2. The molecule has 0 bridgehead atoms. The Morgan fingerprint density at radius 1 is 1.09 bits per heavy atom. The zero-order valence-corrected chi connectivity index (χ0v) is 20.8. The normalized spacial score (nSPS) is 10.1. The van der Waals surface area contributed by atoms with Crippen molar-refractivity contribution in [2.45, 2.75) is 13.5 Å². The van der Waals surface area contributed by atoms with Gasteiger partial charge in [-0.05, 0) is 59.3 Å². The van der Waals surface area contributed by atoms with Crippen molar-refractivity contribution >= 4 is 27.8 Å². The molecule has 8 heteroatoms. The number of nitrogens with one attached hydrogen (secondary N) is 1. The van der Waals surface area contributed by atoms with Crippen LogP contribution in [-0.4, -0.2) is 43.8 Å². The third kappa shape index (κ3) is 6.42. The minimum Gasteiger partial charge on any atom is -0.497 e. The summed E-state index contributed by atoms with van der Waals surface area (Å²) in [7, 11) is 3.19. The lowest BCUT2D eigenvalue weighted by molar-refractivity contribution is 0.0526. The van der Waals surface area contributed by atoms with E-state index in [-0.39, 0.29) is 18.4 Å². The Kier molecular flexibility index (Phi) is 8.77. The average Bonchev–Trinajstić information content (AvgIpc) is 3.22. The van der Waals surface area contributed by atoms with E-state index in [1.807, 2.05) is 22.9 Å². The number of carbonyl (C=O) groups is 2. The molecule has 0 aliphatic rings. The van der Waals surface area contributed by atoms with Gasteiger partial charge in [0.25, 0.3) is 5.91 Å². The molecule has 1 N–H and O–H groups in total. The second kappa shape index (κ2) is 12.0. The minimum atomic E-state index is -0.390. The predicted octanol–water partition coefficient (Wildman–Crippen LogP) is 4.27. The largest absolute Gasteiger partial charge is 0.497 e. The lowest BCUT2D eigenvalue weighted by Gasteiger charge is -2.13. The van der Waals surface area contributed by atoms with E-state index in [0.717, 1.165) is 10.0 Å². The second-order valence-electron chi connectivity index (χ2n) is 7.13. The van der Waals surface area contributed by atoms with E-state index in [9.17, 15) is 9.59 Å². The standard InChI is InChI=1S/C26H25BrN2O5/c1-4-34-26(31)19-9-5-7-18(13-19)8-6-12-28-25(30)23-14-21(27)17-29(23)16-20-10-11-22(32-2)15-24(20)33-3/h5,7,9-11,13-15,17H,4,12,16H2,1-3H3,(H,28,30). The molecule has 176 valence electrons. The first-order valence-electron chi connectivity index (χ1n) is 10.6. The summed E-state index contributed by atoms with van der Waals surface area (Å²) in [5.74, 6) is 6.60. The van der Waals surface area contributed by atoms with Gasteiger partial charge in [0.15, 0.2) is 0 Å². The van der Waals surface area contributed by atoms with E-state index in [1.165, 1.54) is 0 Å². The van der Waals surface area contributed by atoms with Gasteiger partial charge in [-0.25, -0.2) is 4.79 Å². The average molecular weight is 525 g/mol. The Balaban J connectivity index is 1.68. The third-order valence-corrected chi connectivity index (χ3v) is 5.31. The highest BCUT2D eigenvalue weighted by atomic mass is 79.9. The van der Waals surface area contributed by atoms with Gasteiger partial charge in [-0.2, -0.15) is 0 Å². The molecular formula is C26H25BrN2O5. The van der Waals surface area contributed by atoms with Gasteiger partial charge in [0.2, 0.25) is 0 Å². The molecule has 0 saturated carbocycles. The zero-order valence-electron chi connectivity index (χ0n) is 19.2. The number of aromatic nitrogens is 1. The van der Waals surface area contributed by atoms with Gasteiger partial charge in [-0.1, -0.05) is 17.9 Å². The van der Waals surface area contributed by atoms with Crippen molar-refractivity contribution in [3.63, 3.8) is 0 Å². The molecule has 0 fully saturated rings. The van der Waals surface area contributed by atoms with Gasteiger partial charge >= 0.3 is 5.97 Å². The number of hydrogen-bond donors (Lipinski definition) is 1. The highest BCUT2D eigenvalue weighted by Crippen LogP contribution is 2.26. The minimum absolute atomic E-state index is 0.150. The summed E-state index contributed by atoms with van der Waals surface area (Å²) in [6.07, 6.45) is 1.84. The molecule has 0 radical (unpaired) electrons. The van der Waals surface area contributed by atoms with Crippen molar-refractivity contribution in [1.29, 1.82) is 0 Å². The maximum absolute atomic E-state index is 12.8. The molecule has 1 amide bonds. The van der Waals surface area contributed by atoms with Crippen LogP contribution < -0.4 is 14.8 Å². The van der Waals surface area contributed by atoms with Crippen LogP contribution in [-0.2, 0) is 11.3 Å². The maximum atomic E-state index is 12.8. The van der Waals surface area contributed by atoms with Crippen molar-refractivity contribution in [3.05, 3.63) is 81.6 Å². The zero-order chi connectivity index (χ0) is 24.5. The van der Waals surface area contributed by atoms with E-state index in [4.69, 9.17) is 14.2 Å². The van der Waals surface area contributed by atoms with Crippen molar-refractivity contribution in [3.8, 4) is 23.3 Å². The van der Waals surface area contributed by atoms with Gasteiger partial charge in [-0.15, -0.1) is 0 Å². The number of nitrogens with zero attached hydrogens (tertiary/aromatic N) is 1. The van der Waals surface area contributed by atoms with Crippen LogP contribution in [0.5, 0.6) is 11.5 Å². The number of methoxy groups -OCH3 is 2. The molecule has 34 heavy (non-hydrogen) atoms. The number of rotatable bonds is 8. The molecule has 0 aliphatic heterocycles. The molecule has 0 saturated heterocycles. The molecule has 2 aromatic carbocycles. The SMILES string of the molecule is CCOC(=O)c1cccc(C#CCNC(=O)c2cc(Br)cn2Cc2ccc(OC)cc2OC)c1. The molecule has 1 heterocycles. The molecule has 3 rings (SSSR count). The van der Waals surface area contributed by atoms with Gasteiger partial charge in [0, 0.05) is 27.9 Å². The lowest BCUT2D eigenvalue weighted by Crippen LogP contribution is -2.26. The molecule has 0 atom stereocenters. The molecule has 1 aromatic heterocycles. The Hall–Kier alpha value is -3.70. The first kappa shape index (κ1) is 24.9. The third-order valence-electron chi connectivity index (χ3n) is 4.87. The molecular weight excluding hydrogens is 500 g/mol. The Morgan fingerprint density at radius 3 is 2.65 bits per heavy atom. The summed E-state index contributed by atoms with van der Waals surface area (Å²) in [4.78, 5) is 24.7. The number of ether oxygens (including phenoxy) is 3. The molecule has 0 unspecified atom stereocenters. The maximum Gasteiger partial charge on any atom is 0.338 e. The fraction of sp³-hybridized carbons (Fsp3) is 0.231. The fourth-order valence-corrected chi connectivity index (χ4v) is 3.73. The molecule has 0 spiro atoms. The van der Waals surface area contributed by atoms with Crippen LogP contribution in [0.25, 0.3) is 0 Å². The van der Waals surface area contributed by atoms with Gasteiger partial charge in [0.1, 0.15) is 17.2 Å². The van der Waals surface area contributed by atoms with Crippen LogP contribution in [0.2, 0.25) is 0 Å². The summed E-state index contributed by atoms with van der Waals surface area (Å²) < 4.78 is 18.3. The van der Waals surface area contributed by atoms with Crippen molar-refractivity contribution in [1.82, 2.24) is 9.88 Å². The van der Waals surface area contributed by atoms with E-state index in [0.29, 0.717) is 41.5 Å². The van der Waals surface area contributed by atoms with E-state index >= 15 is 0 Å². The van der Waals surface area contributed by atoms with Crippen LogP contribution in [0, 0.1) is 11.8 Å². The number of halogens is 1. The van der Waals surface area contributed by atoms with Crippen LogP contribution in [0.3, 0.4) is 0 Å². The second-order valence-corrected chi connectivity index (χ2v) is 8.05. The summed E-state index contributed by atoms with van der Waals surface area (Å²) in [6.45, 7) is 2.65. The highest BCUT2D eigenvalue weighted by molar-refractivity contribution is 9.10.